The Bertz CT molecular complexity index is 579. The van der Waals surface area contributed by atoms with Crippen LogP contribution in [0, 0.1) is 0 Å². The van der Waals surface area contributed by atoms with Crippen molar-refractivity contribution in [2.45, 2.75) is 19.4 Å². The standard InChI is InChI=1S/C15H17N3O3/c19-15(20)7-4-10-21-17-14(11-18-9-8-16-12-18)13-5-2-1-3-6-13/h1-3,5-6,8-9,12H,4,7,10-11H2,(H,19,20)/p-1/b17-14+. The first-order valence-corrected chi connectivity index (χ1v) is 6.65. The Kier molecular flexibility index (Phi) is 5.51. The largest absolute Gasteiger partial charge is 0.550 e. The molecule has 1 aromatic carbocycles. The van der Waals surface area contributed by atoms with E-state index in [9.17, 15) is 9.90 Å². The second-order valence-electron chi connectivity index (χ2n) is 4.45. The lowest BCUT2D eigenvalue weighted by Crippen LogP contribution is -2.22. The van der Waals surface area contributed by atoms with Gasteiger partial charge in [-0.15, -0.1) is 0 Å². The second kappa shape index (κ2) is 7.84. The van der Waals surface area contributed by atoms with Gasteiger partial charge in [-0.1, -0.05) is 35.5 Å². The number of hydrogen-bond acceptors (Lipinski definition) is 5. The highest BCUT2D eigenvalue weighted by Gasteiger charge is 2.05. The summed E-state index contributed by atoms with van der Waals surface area (Å²) in [5, 5.41) is 14.4. The van der Waals surface area contributed by atoms with Gasteiger partial charge in [0, 0.05) is 23.9 Å². The Hall–Kier alpha value is -2.63. The van der Waals surface area contributed by atoms with Crippen molar-refractivity contribution in [3.05, 3.63) is 54.6 Å². The number of carboxylic acids is 1. The number of imidazole rings is 1. The Labute approximate surface area is 122 Å². The zero-order chi connectivity index (χ0) is 14.9. The molecule has 6 nitrogen and oxygen atoms in total. The maximum absolute atomic E-state index is 10.3. The SMILES string of the molecule is O=C([O-])CCCO/N=C(\Cn1ccnc1)c1ccccc1. The van der Waals surface area contributed by atoms with Gasteiger partial charge in [-0.2, -0.15) is 0 Å². The molecule has 2 aromatic rings. The Morgan fingerprint density at radius 3 is 2.81 bits per heavy atom. The van der Waals surface area contributed by atoms with Crippen LogP contribution in [0.5, 0.6) is 0 Å². The van der Waals surface area contributed by atoms with E-state index in [1.807, 2.05) is 41.1 Å². The number of carbonyl (C=O) groups is 1. The van der Waals surface area contributed by atoms with E-state index in [0.717, 1.165) is 11.3 Å². The summed E-state index contributed by atoms with van der Waals surface area (Å²) in [5.41, 5.74) is 1.70. The Balaban J connectivity index is 2.00. The first-order chi connectivity index (χ1) is 10.3. The molecular weight excluding hydrogens is 270 g/mol. The zero-order valence-electron chi connectivity index (χ0n) is 11.5. The number of nitrogens with zero attached hydrogens (tertiary/aromatic N) is 3. The van der Waals surface area contributed by atoms with Crippen LogP contribution in [0.2, 0.25) is 0 Å². The summed E-state index contributed by atoms with van der Waals surface area (Å²) in [5.74, 6) is -1.08. The van der Waals surface area contributed by atoms with Gasteiger partial charge in [-0.25, -0.2) is 4.98 Å². The van der Waals surface area contributed by atoms with Crippen LogP contribution in [0.4, 0.5) is 0 Å². The lowest BCUT2D eigenvalue weighted by atomic mass is 10.1. The molecule has 0 aliphatic rings. The fourth-order valence-corrected chi connectivity index (χ4v) is 1.76. The number of carboxylic acid groups (broad SMARTS) is 1. The third kappa shape index (κ3) is 5.10. The van der Waals surface area contributed by atoms with Crippen LogP contribution < -0.4 is 5.11 Å². The number of hydrogen-bond donors (Lipinski definition) is 0. The third-order valence-corrected chi connectivity index (χ3v) is 2.79. The predicted molar refractivity (Wildman–Crippen MR) is 75.4 cm³/mol. The average Bonchev–Trinajstić information content (AvgIpc) is 2.99. The van der Waals surface area contributed by atoms with Gasteiger partial charge in [0.15, 0.2) is 0 Å². The molecular formula is C15H16N3O3-. The summed E-state index contributed by atoms with van der Waals surface area (Å²) < 4.78 is 1.89. The number of benzene rings is 1. The van der Waals surface area contributed by atoms with Crippen LogP contribution in [-0.4, -0.2) is 27.8 Å². The van der Waals surface area contributed by atoms with Gasteiger partial charge in [-0.3, -0.25) is 0 Å². The minimum absolute atomic E-state index is 0.0300. The molecule has 0 saturated heterocycles. The molecule has 0 atom stereocenters. The van der Waals surface area contributed by atoms with Gasteiger partial charge in [0.05, 0.1) is 12.9 Å². The first kappa shape index (κ1) is 14.8. The van der Waals surface area contributed by atoms with E-state index in [1.54, 1.807) is 12.5 Å². The molecule has 2 rings (SSSR count). The van der Waals surface area contributed by atoms with Gasteiger partial charge in [0.2, 0.25) is 0 Å². The number of rotatable bonds is 8. The summed E-state index contributed by atoms with van der Waals surface area (Å²) >= 11 is 0. The maximum atomic E-state index is 10.3. The fraction of sp³-hybridized carbons (Fsp3) is 0.267. The van der Waals surface area contributed by atoms with Crippen molar-refractivity contribution < 1.29 is 14.7 Å². The zero-order valence-corrected chi connectivity index (χ0v) is 11.5. The number of oxime groups is 1. The normalized spacial score (nSPS) is 11.3. The molecule has 0 unspecified atom stereocenters. The van der Waals surface area contributed by atoms with Crippen LogP contribution in [0.3, 0.4) is 0 Å². The van der Waals surface area contributed by atoms with Crippen molar-refractivity contribution in [1.29, 1.82) is 0 Å². The summed E-state index contributed by atoms with van der Waals surface area (Å²) in [6, 6.07) is 9.67. The fourth-order valence-electron chi connectivity index (χ4n) is 1.76. The van der Waals surface area contributed by atoms with E-state index in [1.165, 1.54) is 0 Å². The van der Waals surface area contributed by atoms with E-state index in [2.05, 4.69) is 10.1 Å². The molecule has 6 heteroatoms. The summed E-state index contributed by atoms with van der Waals surface area (Å²) in [6.45, 7) is 0.777. The molecule has 0 bridgehead atoms. The summed E-state index contributed by atoms with van der Waals surface area (Å²) in [4.78, 5) is 19.5. The minimum Gasteiger partial charge on any atom is -0.550 e. The van der Waals surface area contributed by atoms with E-state index in [-0.39, 0.29) is 13.0 Å². The molecule has 0 spiro atoms. The predicted octanol–water partition coefficient (Wildman–Crippen LogP) is 0.834. The molecule has 0 N–H and O–H groups in total. The molecule has 0 amide bonds. The summed E-state index contributed by atoms with van der Waals surface area (Å²) in [7, 11) is 0. The van der Waals surface area contributed by atoms with Crippen LogP contribution >= 0.6 is 0 Å². The monoisotopic (exact) mass is 286 g/mol. The highest BCUT2D eigenvalue weighted by Crippen LogP contribution is 2.05. The summed E-state index contributed by atoms with van der Waals surface area (Å²) in [6.07, 6.45) is 5.59. The third-order valence-electron chi connectivity index (χ3n) is 2.79. The van der Waals surface area contributed by atoms with Crippen LogP contribution in [0.25, 0.3) is 0 Å². The highest BCUT2D eigenvalue weighted by molar-refractivity contribution is 6.00. The molecule has 21 heavy (non-hydrogen) atoms. The lowest BCUT2D eigenvalue weighted by Gasteiger charge is -2.08. The highest BCUT2D eigenvalue weighted by atomic mass is 16.6. The van der Waals surface area contributed by atoms with Crippen molar-refractivity contribution in [2.75, 3.05) is 6.61 Å². The van der Waals surface area contributed by atoms with Gasteiger partial charge < -0.3 is 19.3 Å². The molecule has 0 radical (unpaired) electrons. The number of aliphatic carboxylic acids is 1. The molecule has 110 valence electrons. The smallest absolute Gasteiger partial charge is 0.117 e. The lowest BCUT2D eigenvalue weighted by molar-refractivity contribution is -0.305. The van der Waals surface area contributed by atoms with Gasteiger partial charge in [0.1, 0.15) is 12.3 Å². The van der Waals surface area contributed by atoms with E-state index >= 15 is 0 Å². The van der Waals surface area contributed by atoms with Gasteiger partial charge in [0.25, 0.3) is 0 Å². The van der Waals surface area contributed by atoms with E-state index in [0.29, 0.717) is 13.0 Å². The molecule has 0 aliphatic heterocycles. The molecule has 1 heterocycles. The second-order valence-corrected chi connectivity index (χ2v) is 4.45. The van der Waals surface area contributed by atoms with Crippen LogP contribution in [0.15, 0.2) is 54.2 Å². The quantitative estimate of drug-likeness (QED) is 0.409. The molecule has 0 fully saturated rings. The van der Waals surface area contributed by atoms with Crippen LogP contribution in [0.1, 0.15) is 18.4 Å². The van der Waals surface area contributed by atoms with Crippen LogP contribution in [-0.2, 0) is 16.2 Å². The molecule has 0 saturated carbocycles. The molecule has 0 aliphatic carbocycles. The van der Waals surface area contributed by atoms with Crippen molar-refractivity contribution in [3.8, 4) is 0 Å². The number of carbonyl (C=O) groups excluding carboxylic acids is 1. The van der Waals surface area contributed by atoms with Crippen molar-refractivity contribution in [3.63, 3.8) is 0 Å². The Morgan fingerprint density at radius 1 is 1.33 bits per heavy atom. The van der Waals surface area contributed by atoms with Gasteiger partial charge in [-0.05, 0) is 12.8 Å². The molecule has 1 aromatic heterocycles. The average molecular weight is 286 g/mol. The number of aromatic nitrogens is 2. The van der Waals surface area contributed by atoms with Gasteiger partial charge >= 0.3 is 0 Å². The Morgan fingerprint density at radius 2 is 2.14 bits per heavy atom. The van der Waals surface area contributed by atoms with Crippen molar-refractivity contribution in [1.82, 2.24) is 9.55 Å². The topological polar surface area (TPSA) is 79.5 Å². The van der Waals surface area contributed by atoms with Crippen molar-refractivity contribution in [2.24, 2.45) is 5.16 Å². The van der Waals surface area contributed by atoms with E-state index in [4.69, 9.17) is 4.84 Å². The minimum atomic E-state index is -1.08. The van der Waals surface area contributed by atoms with E-state index < -0.39 is 5.97 Å². The van der Waals surface area contributed by atoms with Crippen molar-refractivity contribution >= 4 is 11.7 Å². The maximum Gasteiger partial charge on any atom is 0.117 e. The first-order valence-electron chi connectivity index (χ1n) is 6.65.